The van der Waals surface area contributed by atoms with Crippen LogP contribution in [-0.2, 0) is 6.42 Å². The van der Waals surface area contributed by atoms with E-state index in [0.29, 0.717) is 11.7 Å². The molecule has 0 aliphatic carbocycles. The molecule has 1 fully saturated rings. The Hall–Kier alpha value is -2.47. The van der Waals surface area contributed by atoms with E-state index in [0.717, 1.165) is 50.2 Å². The van der Waals surface area contributed by atoms with E-state index >= 15 is 0 Å². The van der Waals surface area contributed by atoms with Gasteiger partial charge >= 0.3 is 0 Å². The molecule has 2 heterocycles. The van der Waals surface area contributed by atoms with Crippen LogP contribution in [0, 0.1) is 17.0 Å². The van der Waals surface area contributed by atoms with Crippen LogP contribution < -0.4 is 4.90 Å². The number of nitro benzene ring substituents is 1. The van der Waals surface area contributed by atoms with E-state index in [1.807, 2.05) is 44.4 Å². The summed E-state index contributed by atoms with van der Waals surface area (Å²) in [5.74, 6) is 0. The maximum atomic E-state index is 11.4. The van der Waals surface area contributed by atoms with Gasteiger partial charge in [-0.2, -0.15) is 0 Å². The largest absolute Gasteiger partial charge is 0.366 e. The van der Waals surface area contributed by atoms with Crippen LogP contribution in [0.2, 0.25) is 0 Å². The van der Waals surface area contributed by atoms with Gasteiger partial charge in [0.15, 0.2) is 0 Å². The molecule has 0 unspecified atom stereocenters. The number of rotatable bonds is 6. The maximum Gasteiger partial charge on any atom is 0.292 e. The third-order valence-corrected chi connectivity index (χ3v) is 5.22. The van der Waals surface area contributed by atoms with Gasteiger partial charge in [0.2, 0.25) is 0 Å². The second-order valence-electron chi connectivity index (χ2n) is 7.00. The maximum absolute atomic E-state index is 11.4. The van der Waals surface area contributed by atoms with Gasteiger partial charge in [0, 0.05) is 57.1 Å². The number of piperidine rings is 1. The van der Waals surface area contributed by atoms with Crippen molar-refractivity contribution in [3.8, 4) is 0 Å². The number of aromatic nitrogens is 1. The molecule has 0 spiro atoms. The Morgan fingerprint density at radius 1 is 1.27 bits per heavy atom. The Bertz CT molecular complexity index is 743. The highest BCUT2D eigenvalue weighted by Crippen LogP contribution is 2.31. The van der Waals surface area contributed by atoms with E-state index < -0.39 is 0 Å². The molecule has 0 amide bonds. The number of anilines is 1. The minimum absolute atomic E-state index is 0.199. The first-order valence-electron chi connectivity index (χ1n) is 9.15. The second-order valence-corrected chi connectivity index (χ2v) is 7.00. The SMILES string of the molecule is Cc1ccc(N(C)C2CCN(CCc3ccccn3)CC2)c([N+](=O)[O-])c1. The summed E-state index contributed by atoms with van der Waals surface area (Å²) in [5, 5.41) is 11.4. The standard InChI is InChI=1S/C20H26N4O2/c1-16-6-7-19(20(15-16)24(25)26)22(2)18-9-13-23(14-10-18)12-8-17-5-3-4-11-21-17/h3-7,11,15,18H,8-10,12-14H2,1-2H3. The van der Waals surface area contributed by atoms with Crippen molar-refractivity contribution >= 4 is 11.4 Å². The molecule has 1 aliphatic heterocycles. The zero-order chi connectivity index (χ0) is 18.5. The molecule has 1 aromatic carbocycles. The highest BCUT2D eigenvalue weighted by Gasteiger charge is 2.26. The predicted molar refractivity (Wildman–Crippen MR) is 104 cm³/mol. The molecule has 0 bridgehead atoms. The molecule has 1 saturated heterocycles. The van der Waals surface area contributed by atoms with Gasteiger partial charge < -0.3 is 9.80 Å². The van der Waals surface area contributed by atoms with Crippen LogP contribution in [-0.4, -0.2) is 47.5 Å². The number of hydrogen-bond donors (Lipinski definition) is 0. The molecule has 26 heavy (non-hydrogen) atoms. The molecule has 3 rings (SSSR count). The van der Waals surface area contributed by atoms with E-state index in [2.05, 4.69) is 20.9 Å². The molecular weight excluding hydrogens is 328 g/mol. The zero-order valence-electron chi connectivity index (χ0n) is 15.5. The molecule has 1 aliphatic rings. The number of nitrogens with zero attached hydrogens (tertiary/aromatic N) is 4. The summed E-state index contributed by atoms with van der Waals surface area (Å²) < 4.78 is 0. The van der Waals surface area contributed by atoms with Crippen LogP contribution >= 0.6 is 0 Å². The lowest BCUT2D eigenvalue weighted by Gasteiger charge is -2.37. The fourth-order valence-corrected chi connectivity index (χ4v) is 3.62. The van der Waals surface area contributed by atoms with Gasteiger partial charge in [0.1, 0.15) is 5.69 Å². The van der Waals surface area contributed by atoms with E-state index in [1.165, 1.54) is 0 Å². The average Bonchev–Trinajstić information content (AvgIpc) is 2.67. The summed E-state index contributed by atoms with van der Waals surface area (Å²) in [6, 6.07) is 11.8. The summed E-state index contributed by atoms with van der Waals surface area (Å²) in [7, 11) is 1.98. The molecule has 0 saturated carbocycles. The second kappa shape index (κ2) is 8.27. The zero-order valence-corrected chi connectivity index (χ0v) is 15.5. The lowest BCUT2D eigenvalue weighted by atomic mass is 10.0. The van der Waals surface area contributed by atoms with Gasteiger partial charge in [-0.3, -0.25) is 15.1 Å². The summed E-state index contributed by atoms with van der Waals surface area (Å²) in [6.45, 7) is 4.93. The minimum Gasteiger partial charge on any atom is -0.366 e. The highest BCUT2D eigenvalue weighted by molar-refractivity contribution is 5.64. The first-order valence-corrected chi connectivity index (χ1v) is 9.15. The van der Waals surface area contributed by atoms with Crippen molar-refractivity contribution in [2.75, 3.05) is 31.6 Å². The van der Waals surface area contributed by atoms with Crippen molar-refractivity contribution < 1.29 is 4.92 Å². The van der Waals surface area contributed by atoms with E-state index in [-0.39, 0.29) is 10.6 Å². The van der Waals surface area contributed by atoms with Crippen LogP contribution in [0.15, 0.2) is 42.6 Å². The molecule has 138 valence electrons. The number of hydrogen-bond acceptors (Lipinski definition) is 5. The van der Waals surface area contributed by atoms with Crippen molar-refractivity contribution in [3.63, 3.8) is 0 Å². The van der Waals surface area contributed by atoms with E-state index in [9.17, 15) is 10.1 Å². The quantitative estimate of drug-likeness (QED) is 0.587. The summed E-state index contributed by atoms with van der Waals surface area (Å²) in [5.41, 5.74) is 2.96. The molecule has 0 atom stereocenters. The number of benzene rings is 1. The Balaban J connectivity index is 1.57. The van der Waals surface area contributed by atoms with Crippen molar-refractivity contribution in [2.45, 2.75) is 32.2 Å². The minimum atomic E-state index is -0.277. The van der Waals surface area contributed by atoms with Gasteiger partial charge in [0.05, 0.1) is 4.92 Å². The Kier molecular flexibility index (Phi) is 5.83. The Morgan fingerprint density at radius 2 is 2.04 bits per heavy atom. The van der Waals surface area contributed by atoms with Crippen LogP contribution in [0.25, 0.3) is 0 Å². The van der Waals surface area contributed by atoms with Crippen molar-refractivity contribution in [2.24, 2.45) is 0 Å². The third kappa shape index (κ3) is 4.38. The fourth-order valence-electron chi connectivity index (χ4n) is 3.62. The van der Waals surface area contributed by atoms with E-state index in [1.54, 1.807) is 6.07 Å². The Morgan fingerprint density at radius 3 is 2.69 bits per heavy atom. The number of aryl methyl sites for hydroxylation is 1. The van der Waals surface area contributed by atoms with Crippen LogP contribution in [0.5, 0.6) is 0 Å². The lowest BCUT2D eigenvalue weighted by molar-refractivity contribution is -0.384. The van der Waals surface area contributed by atoms with E-state index in [4.69, 9.17) is 0 Å². The van der Waals surface area contributed by atoms with Crippen LogP contribution in [0.3, 0.4) is 0 Å². The Labute approximate surface area is 154 Å². The van der Waals surface area contributed by atoms with Gasteiger partial charge in [-0.1, -0.05) is 12.1 Å². The number of nitro groups is 1. The fraction of sp³-hybridized carbons (Fsp3) is 0.450. The van der Waals surface area contributed by atoms with Crippen LogP contribution in [0.4, 0.5) is 11.4 Å². The molecule has 6 nitrogen and oxygen atoms in total. The van der Waals surface area contributed by atoms with Crippen LogP contribution in [0.1, 0.15) is 24.1 Å². The topological polar surface area (TPSA) is 62.5 Å². The van der Waals surface area contributed by atoms with Gasteiger partial charge in [-0.05, 0) is 43.5 Å². The summed E-state index contributed by atoms with van der Waals surface area (Å²) in [6.07, 6.45) is 4.84. The smallest absolute Gasteiger partial charge is 0.292 e. The normalized spacial score (nSPS) is 15.8. The van der Waals surface area contributed by atoms with Gasteiger partial charge in [-0.15, -0.1) is 0 Å². The van der Waals surface area contributed by atoms with Crippen molar-refractivity contribution in [1.82, 2.24) is 9.88 Å². The predicted octanol–water partition coefficient (Wildman–Crippen LogP) is 3.44. The number of pyridine rings is 1. The van der Waals surface area contributed by atoms with Crippen molar-refractivity contribution in [3.05, 3.63) is 64.0 Å². The number of likely N-dealkylation sites (tertiary alicyclic amines) is 1. The molecule has 0 radical (unpaired) electrons. The van der Waals surface area contributed by atoms with Gasteiger partial charge in [-0.25, -0.2) is 0 Å². The first-order chi connectivity index (χ1) is 12.5. The molecule has 2 aromatic rings. The highest BCUT2D eigenvalue weighted by atomic mass is 16.6. The molecular formula is C20H26N4O2. The first kappa shape index (κ1) is 18.3. The molecule has 1 aromatic heterocycles. The molecule has 0 N–H and O–H groups in total. The average molecular weight is 354 g/mol. The molecule has 6 heteroatoms. The summed E-state index contributed by atoms with van der Waals surface area (Å²) >= 11 is 0. The van der Waals surface area contributed by atoms with Crippen molar-refractivity contribution in [1.29, 1.82) is 0 Å². The third-order valence-electron chi connectivity index (χ3n) is 5.22. The summed E-state index contributed by atoms with van der Waals surface area (Å²) in [4.78, 5) is 20.1. The monoisotopic (exact) mass is 354 g/mol. The lowest BCUT2D eigenvalue weighted by Crippen LogP contribution is -2.44. The van der Waals surface area contributed by atoms with Gasteiger partial charge in [0.25, 0.3) is 5.69 Å².